The van der Waals surface area contributed by atoms with Crippen LogP contribution in [0.25, 0.3) is 0 Å². The highest BCUT2D eigenvalue weighted by molar-refractivity contribution is 5.92. The van der Waals surface area contributed by atoms with Crippen molar-refractivity contribution >= 4 is 11.9 Å². The first-order valence-electron chi connectivity index (χ1n) is 7.59. The lowest BCUT2D eigenvalue weighted by Gasteiger charge is -2.11. The second-order valence-electron chi connectivity index (χ2n) is 5.39. The van der Waals surface area contributed by atoms with E-state index >= 15 is 0 Å². The number of aromatic nitrogens is 3. The fourth-order valence-electron chi connectivity index (χ4n) is 2.57. The topological polar surface area (TPSA) is 79.8 Å². The first kappa shape index (κ1) is 14.4. The zero-order valence-electron chi connectivity index (χ0n) is 12.3. The van der Waals surface area contributed by atoms with Gasteiger partial charge < -0.3 is 10.6 Å². The minimum absolute atomic E-state index is 0.129. The van der Waals surface area contributed by atoms with E-state index in [4.69, 9.17) is 0 Å². The lowest BCUT2D eigenvalue weighted by Crippen LogP contribution is -2.33. The van der Waals surface area contributed by atoms with Gasteiger partial charge in [0, 0.05) is 18.4 Å². The van der Waals surface area contributed by atoms with E-state index in [-0.39, 0.29) is 11.9 Å². The Labute approximate surface area is 129 Å². The summed E-state index contributed by atoms with van der Waals surface area (Å²) >= 11 is 0. The van der Waals surface area contributed by atoms with Crippen LogP contribution in [0.15, 0.2) is 36.7 Å². The molecule has 0 aliphatic heterocycles. The largest absolute Gasteiger partial charge is 0.349 e. The number of carbonyl (C=O) groups excluding carboxylic acids is 1. The molecule has 1 aliphatic carbocycles. The molecule has 6 nitrogen and oxygen atoms in total. The number of nitrogens with one attached hydrogen (secondary N) is 2. The van der Waals surface area contributed by atoms with Gasteiger partial charge in [-0.3, -0.25) is 9.78 Å². The normalized spacial score (nSPS) is 14.7. The van der Waals surface area contributed by atoms with E-state index in [1.54, 1.807) is 18.5 Å². The molecule has 2 aromatic heterocycles. The second-order valence-corrected chi connectivity index (χ2v) is 5.39. The summed E-state index contributed by atoms with van der Waals surface area (Å²) in [6.07, 6.45) is 7.82. The molecular weight excluding hydrogens is 278 g/mol. The van der Waals surface area contributed by atoms with Crippen LogP contribution < -0.4 is 10.6 Å². The SMILES string of the molecule is O=C(NC1CCCC1)c1ccnc(NCc2ccccn2)n1. The highest BCUT2D eigenvalue weighted by atomic mass is 16.1. The van der Waals surface area contributed by atoms with Crippen LogP contribution in [0, 0.1) is 0 Å². The predicted octanol–water partition coefficient (Wildman–Crippen LogP) is 2.16. The van der Waals surface area contributed by atoms with Crippen LogP contribution in [0.2, 0.25) is 0 Å². The number of nitrogens with zero attached hydrogens (tertiary/aromatic N) is 3. The van der Waals surface area contributed by atoms with Crippen LogP contribution in [0.3, 0.4) is 0 Å². The summed E-state index contributed by atoms with van der Waals surface area (Å²) < 4.78 is 0. The standard InChI is InChI=1S/C16H19N5O/c22-15(20-12-5-1-2-6-12)14-8-10-18-16(21-14)19-11-13-7-3-4-9-17-13/h3-4,7-10,12H,1-2,5-6,11H2,(H,20,22)(H,18,19,21). The molecule has 6 heteroatoms. The van der Waals surface area contributed by atoms with Crippen LogP contribution in [-0.2, 0) is 6.54 Å². The average Bonchev–Trinajstić information content (AvgIpc) is 3.07. The van der Waals surface area contributed by atoms with Crippen LogP contribution in [0.5, 0.6) is 0 Å². The summed E-state index contributed by atoms with van der Waals surface area (Å²) in [6, 6.07) is 7.64. The molecule has 22 heavy (non-hydrogen) atoms. The third-order valence-electron chi connectivity index (χ3n) is 3.73. The van der Waals surface area contributed by atoms with E-state index in [2.05, 4.69) is 25.6 Å². The average molecular weight is 297 g/mol. The van der Waals surface area contributed by atoms with E-state index in [1.807, 2.05) is 18.2 Å². The summed E-state index contributed by atoms with van der Waals surface area (Å²) in [6.45, 7) is 0.522. The summed E-state index contributed by atoms with van der Waals surface area (Å²) in [4.78, 5) is 24.8. The number of hydrogen-bond donors (Lipinski definition) is 2. The number of hydrogen-bond acceptors (Lipinski definition) is 5. The molecule has 0 bridgehead atoms. The van der Waals surface area contributed by atoms with Gasteiger partial charge in [0.15, 0.2) is 0 Å². The van der Waals surface area contributed by atoms with Crippen LogP contribution in [-0.4, -0.2) is 26.9 Å². The van der Waals surface area contributed by atoms with Gasteiger partial charge in [0.25, 0.3) is 5.91 Å². The Morgan fingerprint density at radius 3 is 2.77 bits per heavy atom. The molecule has 1 amide bonds. The lowest BCUT2D eigenvalue weighted by atomic mass is 10.2. The number of carbonyl (C=O) groups is 1. The molecular formula is C16H19N5O. The maximum Gasteiger partial charge on any atom is 0.270 e. The Morgan fingerprint density at radius 1 is 1.14 bits per heavy atom. The maximum atomic E-state index is 12.2. The highest BCUT2D eigenvalue weighted by Crippen LogP contribution is 2.18. The van der Waals surface area contributed by atoms with Crippen molar-refractivity contribution in [2.24, 2.45) is 0 Å². The summed E-state index contributed by atoms with van der Waals surface area (Å²) in [5.41, 5.74) is 1.29. The number of rotatable bonds is 5. The second kappa shape index (κ2) is 6.98. The van der Waals surface area contributed by atoms with Crippen LogP contribution >= 0.6 is 0 Å². The first-order chi connectivity index (χ1) is 10.8. The maximum absolute atomic E-state index is 12.2. The summed E-state index contributed by atoms with van der Waals surface area (Å²) in [5.74, 6) is 0.305. The van der Waals surface area contributed by atoms with Gasteiger partial charge in [-0.15, -0.1) is 0 Å². The van der Waals surface area contributed by atoms with Crippen molar-refractivity contribution in [3.05, 3.63) is 48.0 Å². The zero-order chi connectivity index (χ0) is 15.2. The van der Waals surface area contributed by atoms with E-state index < -0.39 is 0 Å². The number of anilines is 1. The molecule has 0 atom stereocenters. The molecule has 0 aromatic carbocycles. The molecule has 1 aliphatic rings. The van der Waals surface area contributed by atoms with Gasteiger partial charge in [-0.1, -0.05) is 18.9 Å². The molecule has 0 saturated heterocycles. The van der Waals surface area contributed by atoms with Crippen molar-refractivity contribution < 1.29 is 4.79 Å². The van der Waals surface area contributed by atoms with Crippen molar-refractivity contribution in [3.8, 4) is 0 Å². The van der Waals surface area contributed by atoms with Gasteiger partial charge >= 0.3 is 0 Å². The van der Waals surface area contributed by atoms with Crippen LogP contribution in [0.4, 0.5) is 5.95 Å². The molecule has 1 fully saturated rings. The van der Waals surface area contributed by atoms with Crippen LogP contribution in [0.1, 0.15) is 41.9 Å². The van der Waals surface area contributed by atoms with Crippen molar-refractivity contribution in [2.45, 2.75) is 38.3 Å². The Hall–Kier alpha value is -2.50. The molecule has 0 unspecified atom stereocenters. The van der Waals surface area contributed by atoms with E-state index in [0.717, 1.165) is 18.5 Å². The Morgan fingerprint density at radius 2 is 2.00 bits per heavy atom. The smallest absolute Gasteiger partial charge is 0.270 e. The molecule has 0 spiro atoms. The molecule has 1 saturated carbocycles. The Bertz CT molecular complexity index is 625. The Kier molecular flexibility index (Phi) is 4.58. The van der Waals surface area contributed by atoms with Gasteiger partial charge in [0.1, 0.15) is 5.69 Å². The predicted molar refractivity (Wildman–Crippen MR) is 83.3 cm³/mol. The quantitative estimate of drug-likeness (QED) is 0.884. The molecule has 2 N–H and O–H groups in total. The highest BCUT2D eigenvalue weighted by Gasteiger charge is 2.18. The van der Waals surface area contributed by atoms with E-state index in [1.165, 1.54) is 12.8 Å². The fraction of sp³-hybridized carbons (Fsp3) is 0.375. The minimum Gasteiger partial charge on any atom is -0.349 e. The minimum atomic E-state index is -0.129. The Balaban J connectivity index is 1.60. The molecule has 2 heterocycles. The zero-order valence-corrected chi connectivity index (χ0v) is 12.3. The van der Waals surface area contributed by atoms with Gasteiger partial charge in [-0.05, 0) is 31.0 Å². The van der Waals surface area contributed by atoms with Gasteiger partial charge in [-0.2, -0.15) is 0 Å². The monoisotopic (exact) mass is 297 g/mol. The first-order valence-corrected chi connectivity index (χ1v) is 7.59. The third-order valence-corrected chi connectivity index (χ3v) is 3.73. The van der Waals surface area contributed by atoms with Crippen molar-refractivity contribution in [3.63, 3.8) is 0 Å². The molecule has 114 valence electrons. The van der Waals surface area contributed by atoms with Gasteiger partial charge in [-0.25, -0.2) is 9.97 Å². The van der Waals surface area contributed by atoms with Crippen molar-refractivity contribution in [2.75, 3.05) is 5.32 Å². The fourth-order valence-corrected chi connectivity index (χ4v) is 2.57. The van der Waals surface area contributed by atoms with Crippen molar-refractivity contribution in [1.29, 1.82) is 0 Å². The lowest BCUT2D eigenvalue weighted by molar-refractivity contribution is 0.0933. The molecule has 0 radical (unpaired) electrons. The molecule has 3 rings (SSSR count). The third kappa shape index (κ3) is 3.78. The summed E-state index contributed by atoms with van der Waals surface area (Å²) in [5, 5.41) is 6.11. The van der Waals surface area contributed by atoms with Gasteiger partial charge in [0.05, 0.1) is 12.2 Å². The van der Waals surface area contributed by atoms with Crippen molar-refractivity contribution in [1.82, 2.24) is 20.3 Å². The molecule has 2 aromatic rings. The number of amides is 1. The number of pyridine rings is 1. The summed E-state index contributed by atoms with van der Waals surface area (Å²) in [7, 11) is 0. The van der Waals surface area contributed by atoms with E-state index in [9.17, 15) is 4.79 Å². The van der Waals surface area contributed by atoms with Gasteiger partial charge in [0.2, 0.25) is 5.95 Å². The van der Waals surface area contributed by atoms with E-state index in [0.29, 0.717) is 18.2 Å².